The number of halogens is 1. The van der Waals surface area contributed by atoms with Gasteiger partial charge in [-0.05, 0) is 36.7 Å². The maximum Gasteiger partial charge on any atom is 0.410 e. The number of amides is 1. The average molecular weight is 349 g/mol. The van der Waals surface area contributed by atoms with E-state index in [4.69, 9.17) is 4.74 Å². The molecule has 1 aromatic rings. The van der Waals surface area contributed by atoms with E-state index >= 15 is 0 Å². The van der Waals surface area contributed by atoms with Crippen molar-refractivity contribution in [1.29, 1.82) is 0 Å². The van der Waals surface area contributed by atoms with Gasteiger partial charge in [-0.25, -0.2) is 9.78 Å². The summed E-state index contributed by atoms with van der Waals surface area (Å²) in [6.45, 7) is 6.21. The van der Waals surface area contributed by atoms with E-state index in [9.17, 15) is 9.90 Å². The molecule has 1 aliphatic rings. The van der Waals surface area contributed by atoms with Crippen LogP contribution < -0.4 is 0 Å². The van der Waals surface area contributed by atoms with Crippen LogP contribution in [0.1, 0.15) is 31.7 Å². The number of ether oxygens (including phenoxy) is 1. The predicted octanol–water partition coefficient (Wildman–Crippen LogP) is 2.60. The van der Waals surface area contributed by atoms with Crippen molar-refractivity contribution >= 4 is 33.4 Å². The van der Waals surface area contributed by atoms with Gasteiger partial charge in [0, 0.05) is 11.9 Å². The molecule has 0 aromatic carbocycles. The first-order chi connectivity index (χ1) is 8.76. The molecule has 1 fully saturated rings. The van der Waals surface area contributed by atoms with Crippen molar-refractivity contribution in [2.75, 3.05) is 13.1 Å². The molecule has 19 heavy (non-hydrogen) atoms. The molecule has 1 aliphatic heterocycles. The van der Waals surface area contributed by atoms with Gasteiger partial charge in [-0.2, -0.15) is 0 Å². The molecule has 1 amide bonds. The van der Waals surface area contributed by atoms with Crippen LogP contribution in [0.4, 0.5) is 4.79 Å². The number of nitrogens with zero attached hydrogens (tertiary/aromatic N) is 2. The minimum atomic E-state index is -0.592. The molecule has 0 spiro atoms. The van der Waals surface area contributed by atoms with Crippen molar-refractivity contribution in [2.24, 2.45) is 0 Å². The highest BCUT2D eigenvalue weighted by molar-refractivity contribution is 9.10. The summed E-state index contributed by atoms with van der Waals surface area (Å²) < 4.78 is 6.07. The van der Waals surface area contributed by atoms with Gasteiger partial charge in [0.15, 0.2) is 0 Å². The van der Waals surface area contributed by atoms with E-state index in [-0.39, 0.29) is 18.6 Å². The third-order valence-corrected chi connectivity index (χ3v) is 4.44. The molecule has 0 radical (unpaired) electrons. The zero-order valence-electron chi connectivity index (χ0n) is 11.1. The lowest BCUT2D eigenvalue weighted by molar-refractivity contribution is 0.0270. The van der Waals surface area contributed by atoms with Crippen molar-refractivity contribution in [2.45, 2.75) is 38.4 Å². The highest BCUT2D eigenvalue weighted by Crippen LogP contribution is 2.31. The van der Waals surface area contributed by atoms with Crippen molar-refractivity contribution in [3.63, 3.8) is 0 Å². The number of aromatic nitrogens is 1. The molecular formula is C12H17BrN2O3S. The molecule has 0 saturated carbocycles. The van der Waals surface area contributed by atoms with Gasteiger partial charge in [0.1, 0.15) is 15.2 Å². The van der Waals surface area contributed by atoms with Gasteiger partial charge in [0.05, 0.1) is 18.6 Å². The second kappa shape index (κ2) is 5.38. The third kappa shape index (κ3) is 3.67. The fraction of sp³-hybridized carbons (Fsp3) is 0.667. The Morgan fingerprint density at radius 1 is 1.58 bits per heavy atom. The Morgan fingerprint density at radius 3 is 2.79 bits per heavy atom. The van der Waals surface area contributed by atoms with E-state index in [1.165, 1.54) is 16.2 Å². The molecule has 7 heteroatoms. The van der Waals surface area contributed by atoms with Crippen LogP contribution in [0.5, 0.6) is 0 Å². The quantitative estimate of drug-likeness (QED) is 0.847. The first-order valence-electron chi connectivity index (χ1n) is 6.03. The number of aliphatic hydroxyl groups is 1. The minimum Gasteiger partial charge on any atom is -0.444 e. The topological polar surface area (TPSA) is 62.7 Å². The Hall–Kier alpha value is -0.660. The molecule has 2 atom stereocenters. The molecule has 5 nitrogen and oxygen atoms in total. The summed E-state index contributed by atoms with van der Waals surface area (Å²) in [7, 11) is 0. The second-order valence-corrected chi connectivity index (χ2v) is 7.27. The highest BCUT2D eigenvalue weighted by atomic mass is 79.9. The summed E-state index contributed by atoms with van der Waals surface area (Å²) in [5.74, 6) is -0.135. The van der Waals surface area contributed by atoms with Crippen LogP contribution in [0.2, 0.25) is 0 Å². The maximum absolute atomic E-state index is 12.0. The molecule has 106 valence electrons. The van der Waals surface area contributed by atoms with E-state index in [2.05, 4.69) is 20.9 Å². The predicted molar refractivity (Wildman–Crippen MR) is 76.4 cm³/mol. The fourth-order valence-corrected chi connectivity index (χ4v) is 3.36. The van der Waals surface area contributed by atoms with E-state index in [1.54, 1.807) is 0 Å². The second-order valence-electron chi connectivity index (χ2n) is 5.57. The van der Waals surface area contributed by atoms with E-state index in [1.807, 2.05) is 26.2 Å². The number of thiazole rings is 1. The lowest BCUT2D eigenvalue weighted by Gasteiger charge is -2.24. The molecule has 1 saturated heterocycles. The fourth-order valence-electron chi connectivity index (χ4n) is 1.94. The van der Waals surface area contributed by atoms with Crippen molar-refractivity contribution in [3.05, 3.63) is 15.0 Å². The van der Waals surface area contributed by atoms with Crippen LogP contribution in [0.3, 0.4) is 0 Å². The van der Waals surface area contributed by atoms with Gasteiger partial charge in [-0.1, -0.05) is 0 Å². The smallest absolute Gasteiger partial charge is 0.410 e. The molecule has 0 unspecified atom stereocenters. The number of aliphatic hydroxyl groups excluding tert-OH is 1. The van der Waals surface area contributed by atoms with E-state index < -0.39 is 11.7 Å². The van der Waals surface area contributed by atoms with Gasteiger partial charge in [-0.15, -0.1) is 11.3 Å². The summed E-state index contributed by atoms with van der Waals surface area (Å²) in [6, 6.07) is 0. The van der Waals surface area contributed by atoms with Crippen LogP contribution in [0.15, 0.2) is 9.98 Å². The van der Waals surface area contributed by atoms with Gasteiger partial charge in [0.25, 0.3) is 0 Å². The largest absolute Gasteiger partial charge is 0.444 e. The van der Waals surface area contributed by atoms with Crippen LogP contribution in [-0.4, -0.2) is 45.9 Å². The SMILES string of the molecule is CC(C)(C)OC(=O)N1C[C@H](c2nc(Br)cs2)[C@@H](O)C1. The van der Waals surface area contributed by atoms with Crippen molar-refractivity contribution in [1.82, 2.24) is 9.88 Å². The lowest BCUT2D eigenvalue weighted by atomic mass is 10.1. The standard InChI is InChI=1S/C12H17BrN2O3S/c1-12(2,3)18-11(17)15-4-7(8(16)5-15)10-14-9(13)6-19-10/h6-8,16H,4-5H2,1-3H3/t7-,8-/m0/s1. The molecule has 1 aromatic heterocycles. The maximum atomic E-state index is 12.0. The Morgan fingerprint density at radius 2 is 2.26 bits per heavy atom. The number of rotatable bonds is 1. The number of carbonyl (C=O) groups is 1. The third-order valence-electron chi connectivity index (χ3n) is 2.75. The molecule has 0 aliphatic carbocycles. The number of likely N-dealkylation sites (tertiary alicyclic amines) is 1. The Kier molecular flexibility index (Phi) is 4.17. The van der Waals surface area contributed by atoms with Crippen LogP contribution in [0, 0.1) is 0 Å². The Labute approximate surface area is 124 Å². The molecule has 1 N–H and O–H groups in total. The molecular weight excluding hydrogens is 332 g/mol. The molecule has 0 bridgehead atoms. The minimum absolute atomic E-state index is 0.135. The van der Waals surface area contributed by atoms with Crippen LogP contribution in [0.25, 0.3) is 0 Å². The summed E-state index contributed by atoms with van der Waals surface area (Å²) in [5, 5.41) is 12.8. The lowest BCUT2D eigenvalue weighted by Crippen LogP contribution is -2.35. The number of hydrogen-bond donors (Lipinski definition) is 1. The van der Waals surface area contributed by atoms with Gasteiger partial charge in [-0.3, -0.25) is 0 Å². The summed E-state index contributed by atoms with van der Waals surface area (Å²) >= 11 is 4.78. The summed E-state index contributed by atoms with van der Waals surface area (Å²) in [6.07, 6.45) is -0.977. The van der Waals surface area contributed by atoms with Gasteiger partial charge >= 0.3 is 6.09 Å². The Bertz CT molecular complexity index is 472. The van der Waals surface area contributed by atoms with Crippen molar-refractivity contribution < 1.29 is 14.6 Å². The number of β-amino-alcohol motifs (C(OH)–C–C–N with tert-alkyl or cyclic N) is 1. The number of hydrogen-bond acceptors (Lipinski definition) is 5. The zero-order chi connectivity index (χ0) is 14.2. The van der Waals surface area contributed by atoms with Crippen LogP contribution >= 0.6 is 27.3 Å². The first-order valence-corrected chi connectivity index (χ1v) is 7.70. The zero-order valence-corrected chi connectivity index (χ0v) is 13.5. The van der Waals surface area contributed by atoms with Crippen molar-refractivity contribution in [3.8, 4) is 0 Å². The van der Waals surface area contributed by atoms with Crippen LogP contribution in [-0.2, 0) is 4.74 Å². The Balaban J connectivity index is 2.03. The molecule has 2 heterocycles. The van der Waals surface area contributed by atoms with Gasteiger partial charge < -0.3 is 14.7 Å². The summed E-state index contributed by atoms with van der Waals surface area (Å²) in [5.41, 5.74) is -0.523. The average Bonchev–Trinajstić information content (AvgIpc) is 2.82. The normalized spacial score (nSPS) is 23.7. The number of carbonyl (C=O) groups excluding carboxylic acids is 1. The van der Waals surface area contributed by atoms with E-state index in [0.717, 1.165) is 9.61 Å². The first kappa shape index (κ1) is 14.7. The monoisotopic (exact) mass is 348 g/mol. The molecule has 2 rings (SSSR count). The van der Waals surface area contributed by atoms with E-state index in [0.29, 0.717) is 6.54 Å². The summed E-state index contributed by atoms with van der Waals surface area (Å²) in [4.78, 5) is 17.8. The highest BCUT2D eigenvalue weighted by Gasteiger charge is 2.38. The van der Waals surface area contributed by atoms with Gasteiger partial charge in [0.2, 0.25) is 0 Å².